The maximum Gasteiger partial charge on any atom is 0.241 e. The summed E-state index contributed by atoms with van der Waals surface area (Å²) < 4.78 is 11.4. The van der Waals surface area contributed by atoms with Gasteiger partial charge in [0.25, 0.3) is 0 Å². The van der Waals surface area contributed by atoms with Crippen LogP contribution in [-0.4, -0.2) is 31.7 Å². The molecule has 2 rings (SSSR count). The molecule has 0 saturated carbocycles. The standard InChI is InChI=1S/C17H26N2O3/c1-3-10-21-15-8-7-13(12-16(15)22-11-4-2)19-17(20)14-6-5-9-18-14/h7-8,12,14,18H,3-6,9-11H2,1-2H3,(H,19,20)/t14-/m0/s1. The molecular weight excluding hydrogens is 280 g/mol. The molecule has 2 N–H and O–H groups in total. The molecule has 0 spiro atoms. The summed E-state index contributed by atoms with van der Waals surface area (Å²) >= 11 is 0. The minimum Gasteiger partial charge on any atom is -0.490 e. The molecule has 1 aliphatic heterocycles. The summed E-state index contributed by atoms with van der Waals surface area (Å²) in [6.07, 6.45) is 3.81. The molecule has 5 heteroatoms. The highest BCUT2D eigenvalue weighted by Gasteiger charge is 2.22. The summed E-state index contributed by atoms with van der Waals surface area (Å²) in [6, 6.07) is 5.47. The number of amides is 1. The average molecular weight is 306 g/mol. The van der Waals surface area contributed by atoms with Crippen molar-refractivity contribution in [2.24, 2.45) is 0 Å². The van der Waals surface area contributed by atoms with Crippen molar-refractivity contribution in [1.82, 2.24) is 5.32 Å². The first-order valence-corrected chi connectivity index (χ1v) is 8.18. The van der Waals surface area contributed by atoms with E-state index < -0.39 is 0 Å². The van der Waals surface area contributed by atoms with Crippen LogP contribution in [-0.2, 0) is 4.79 Å². The highest BCUT2D eigenvalue weighted by Crippen LogP contribution is 2.31. The summed E-state index contributed by atoms with van der Waals surface area (Å²) in [5.74, 6) is 1.43. The van der Waals surface area contributed by atoms with Crippen molar-refractivity contribution in [3.8, 4) is 11.5 Å². The Hall–Kier alpha value is -1.75. The van der Waals surface area contributed by atoms with Gasteiger partial charge in [-0.15, -0.1) is 0 Å². The molecule has 1 saturated heterocycles. The molecule has 1 amide bonds. The summed E-state index contributed by atoms with van der Waals surface area (Å²) in [5.41, 5.74) is 0.744. The van der Waals surface area contributed by atoms with E-state index in [2.05, 4.69) is 24.5 Å². The minimum absolute atomic E-state index is 0.0150. The Bertz CT molecular complexity index is 485. The Morgan fingerprint density at radius 3 is 2.59 bits per heavy atom. The van der Waals surface area contributed by atoms with Crippen LogP contribution in [0.5, 0.6) is 11.5 Å². The first-order chi connectivity index (χ1) is 10.7. The average Bonchev–Trinajstić information content (AvgIpc) is 3.06. The summed E-state index contributed by atoms with van der Waals surface area (Å²) in [7, 11) is 0. The Morgan fingerprint density at radius 1 is 1.23 bits per heavy atom. The molecule has 1 atom stereocenters. The van der Waals surface area contributed by atoms with Gasteiger partial charge >= 0.3 is 0 Å². The summed E-state index contributed by atoms with van der Waals surface area (Å²) in [4.78, 5) is 12.2. The molecule has 0 bridgehead atoms. The number of anilines is 1. The summed E-state index contributed by atoms with van der Waals surface area (Å²) in [5, 5.41) is 6.14. The molecule has 0 radical (unpaired) electrons. The Balaban J connectivity index is 2.05. The van der Waals surface area contributed by atoms with E-state index in [0.29, 0.717) is 19.0 Å². The van der Waals surface area contributed by atoms with Gasteiger partial charge in [0.15, 0.2) is 11.5 Å². The zero-order valence-electron chi connectivity index (χ0n) is 13.5. The van der Waals surface area contributed by atoms with Crippen molar-refractivity contribution in [1.29, 1.82) is 0 Å². The Kier molecular flexibility index (Phi) is 6.52. The van der Waals surface area contributed by atoms with Gasteiger partial charge in [0.05, 0.1) is 19.3 Å². The van der Waals surface area contributed by atoms with E-state index in [0.717, 1.165) is 43.7 Å². The lowest BCUT2D eigenvalue weighted by atomic mass is 10.2. The molecule has 122 valence electrons. The zero-order chi connectivity index (χ0) is 15.8. The first kappa shape index (κ1) is 16.6. The Labute approximate surface area is 132 Å². The van der Waals surface area contributed by atoms with Crippen LogP contribution in [0.3, 0.4) is 0 Å². The van der Waals surface area contributed by atoms with E-state index in [9.17, 15) is 4.79 Å². The second-order valence-electron chi connectivity index (χ2n) is 5.50. The smallest absolute Gasteiger partial charge is 0.241 e. The third kappa shape index (κ3) is 4.63. The number of hydrogen-bond donors (Lipinski definition) is 2. The predicted octanol–water partition coefficient (Wildman–Crippen LogP) is 2.95. The second kappa shape index (κ2) is 8.63. The third-order valence-corrected chi connectivity index (χ3v) is 3.51. The van der Waals surface area contributed by atoms with Gasteiger partial charge in [-0.3, -0.25) is 4.79 Å². The fraction of sp³-hybridized carbons (Fsp3) is 0.588. The third-order valence-electron chi connectivity index (χ3n) is 3.51. The van der Waals surface area contributed by atoms with Crippen LogP contribution in [0.2, 0.25) is 0 Å². The van der Waals surface area contributed by atoms with Crippen LogP contribution in [0, 0.1) is 0 Å². The van der Waals surface area contributed by atoms with E-state index in [4.69, 9.17) is 9.47 Å². The number of benzene rings is 1. The lowest BCUT2D eigenvalue weighted by Crippen LogP contribution is -2.35. The maximum absolute atomic E-state index is 12.2. The molecule has 22 heavy (non-hydrogen) atoms. The van der Waals surface area contributed by atoms with Gasteiger partial charge in [0.2, 0.25) is 5.91 Å². The van der Waals surface area contributed by atoms with Crippen LogP contribution in [0.15, 0.2) is 18.2 Å². The first-order valence-electron chi connectivity index (χ1n) is 8.18. The van der Waals surface area contributed by atoms with Gasteiger partial charge in [0, 0.05) is 11.8 Å². The lowest BCUT2D eigenvalue weighted by molar-refractivity contribution is -0.117. The molecule has 1 heterocycles. The molecule has 0 unspecified atom stereocenters. The molecule has 0 aliphatic carbocycles. The molecule has 1 aromatic carbocycles. The minimum atomic E-state index is -0.0870. The van der Waals surface area contributed by atoms with Gasteiger partial charge in [-0.1, -0.05) is 13.8 Å². The van der Waals surface area contributed by atoms with Crippen LogP contribution in [0.4, 0.5) is 5.69 Å². The van der Waals surface area contributed by atoms with E-state index >= 15 is 0 Å². The van der Waals surface area contributed by atoms with Gasteiger partial charge < -0.3 is 20.1 Å². The normalized spacial score (nSPS) is 17.3. The number of hydrogen-bond acceptors (Lipinski definition) is 4. The topological polar surface area (TPSA) is 59.6 Å². The highest BCUT2D eigenvalue weighted by molar-refractivity contribution is 5.95. The Morgan fingerprint density at radius 2 is 1.95 bits per heavy atom. The molecule has 5 nitrogen and oxygen atoms in total. The predicted molar refractivity (Wildman–Crippen MR) is 87.7 cm³/mol. The SMILES string of the molecule is CCCOc1ccc(NC(=O)[C@@H]2CCCN2)cc1OCCC. The van der Waals surface area contributed by atoms with Crippen molar-refractivity contribution in [2.45, 2.75) is 45.6 Å². The highest BCUT2D eigenvalue weighted by atomic mass is 16.5. The van der Waals surface area contributed by atoms with Crippen LogP contribution in [0.25, 0.3) is 0 Å². The van der Waals surface area contributed by atoms with Gasteiger partial charge in [-0.2, -0.15) is 0 Å². The fourth-order valence-electron chi connectivity index (χ4n) is 2.38. The van der Waals surface area contributed by atoms with E-state index in [1.807, 2.05) is 18.2 Å². The second-order valence-corrected chi connectivity index (χ2v) is 5.50. The zero-order valence-corrected chi connectivity index (χ0v) is 13.5. The van der Waals surface area contributed by atoms with E-state index in [1.54, 1.807) is 0 Å². The molecule has 0 aromatic heterocycles. The number of nitrogens with one attached hydrogen (secondary N) is 2. The molecule has 1 aromatic rings. The van der Waals surface area contributed by atoms with E-state index in [1.165, 1.54) is 0 Å². The largest absolute Gasteiger partial charge is 0.490 e. The number of carbonyl (C=O) groups is 1. The lowest BCUT2D eigenvalue weighted by Gasteiger charge is -2.15. The van der Waals surface area contributed by atoms with Crippen LogP contribution < -0.4 is 20.1 Å². The number of ether oxygens (including phenoxy) is 2. The van der Waals surface area contributed by atoms with Crippen molar-refractivity contribution in [2.75, 3.05) is 25.1 Å². The van der Waals surface area contributed by atoms with Gasteiger partial charge in [0.1, 0.15) is 0 Å². The monoisotopic (exact) mass is 306 g/mol. The van der Waals surface area contributed by atoms with Crippen molar-refractivity contribution < 1.29 is 14.3 Å². The fourth-order valence-corrected chi connectivity index (χ4v) is 2.38. The van der Waals surface area contributed by atoms with Gasteiger partial charge in [-0.05, 0) is 44.4 Å². The molecular formula is C17H26N2O3. The van der Waals surface area contributed by atoms with Crippen LogP contribution in [0.1, 0.15) is 39.5 Å². The van der Waals surface area contributed by atoms with Gasteiger partial charge in [-0.25, -0.2) is 0 Å². The molecule has 1 aliphatic rings. The number of carbonyl (C=O) groups excluding carboxylic acids is 1. The molecule has 1 fully saturated rings. The number of rotatable bonds is 8. The van der Waals surface area contributed by atoms with Crippen molar-refractivity contribution in [3.63, 3.8) is 0 Å². The van der Waals surface area contributed by atoms with E-state index in [-0.39, 0.29) is 11.9 Å². The maximum atomic E-state index is 12.2. The summed E-state index contributed by atoms with van der Waals surface area (Å²) in [6.45, 7) is 6.32. The van der Waals surface area contributed by atoms with Crippen molar-refractivity contribution in [3.05, 3.63) is 18.2 Å². The van der Waals surface area contributed by atoms with Crippen molar-refractivity contribution >= 4 is 11.6 Å². The van der Waals surface area contributed by atoms with Crippen LogP contribution >= 0.6 is 0 Å². The quantitative estimate of drug-likeness (QED) is 0.775.